The number of alkyl halides is 3. The van der Waals surface area contributed by atoms with Crippen LogP contribution in [0, 0.1) is 5.82 Å². The molecule has 0 spiro atoms. The number of benzene rings is 1. The Balaban J connectivity index is 1.12. The van der Waals surface area contributed by atoms with Gasteiger partial charge in [0.25, 0.3) is 11.8 Å². The van der Waals surface area contributed by atoms with Gasteiger partial charge in [0, 0.05) is 50.3 Å². The van der Waals surface area contributed by atoms with E-state index in [9.17, 15) is 18.0 Å². The molecule has 13 heteroatoms. The summed E-state index contributed by atoms with van der Waals surface area (Å²) in [6, 6.07) is 9.27. The highest BCUT2D eigenvalue weighted by Crippen LogP contribution is 2.35. The normalized spacial score (nSPS) is 20.5. The number of halogens is 4. The van der Waals surface area contributed by atoms with E-state index in [1.807, 2.05) is 4.90 Å². The Morgan fingerprint density at radius 2 is 1.76 bits per heavy atom. The van der Waals surface area contributed by atoms with E-state index in [0.29, 0.717) is 17.3 Å². The third kappa shape index (κ3) is 6.04. The van der Waals surface area contributed by atoms with Gasteiger partial charge in [0.2, 0.25) is 11.6 Å². The summed E-state index contributed by atoms with van der Waals surface area (Å²) in [4.78, 5) is 23.7. The highest BCUT2D eigenvalue weighted by Gasteiger charge is 2.54. The molecule has 1 aromatic carbocycles. The van der Waals surface area contributed by atoms with Gasteiger partial charge in [0.05, 0.1) is 17.8 Å². The number of likely N-dealkylation sites (tertiary alicyclic amines) is 2. The van der Waals surface area contributed by atoms with Gasteiger partial charge >= 0.3 is 6.43 Å². The third-order valence-electron chi connectivity index (χ3n) is 8.40. The fraction of sp³-hybridized carbons (Fsp3) is 0.517. The minimum Gasteiger partial charge on any atom is -0.415 e. The molecule has 3 fully saturated rings. The first-order valence-electron chi connectivity index (χ1n) is 14.2. The van der Waals surface area contributed by atoms with Crippen molar-refractivity contribution in [2.45, 2.75) is 56.4 Å². The summed E-state index contributed by atoms with van der Waals surface area (Å²) in [7, 11) is 0. The molecule has 3 aliphatic rings. The van der Waals surface area contributed by atoms with Crippen molar-refractivity contribution < 1.29 is 31.5 Å². The average molecular weight is 589 g/mol. The van der Waals surface area contributed by atoms with Crippen LogP contribution >= 0.6 is 0 Å². The van der Waals surface area contributed by atoms with Crippen LogP contribution in [0.4, 0.5) is 23.2 Å². The number of aromatic nitrogens is 3. The summed E-state index contributed by atoms with van der Waals surface area (Å²) < 4.78 is 66.3. The Morgan fingerprint density at radius 1 is 1.02 bits per heavy atom. The SMILES string of the molecule is O=C(N(Cc1ccc(-c2nnc(C(F)F)o2)cn1)c1cccc(F)c1)C1(F)CN(C2CCN(C3CCOCC3)CC2)C1. The summed E-state index contributed by atoms with van der Waals surface area (Å²) in [6.07, 6.45) is 2.37. The summed E-state index contributed by atoms with van der Waals surface area (Å²) in [5.41, 5.74) is -1.21. The average Bonchev–Trinajstić information content (AvgIpc) is 3.50. The molecule has 6 rings (SSSR count). The molecule has 0 radical (unpaired) electrons. The second-order valence-corrected chi connectivity index (χ2v) is 11.1. The molecule has 0 aliphatic carbocycles. The van der Waals surface area contributed by atoms with Crippen LogP contribution in [0.2, 0.25) is 0 Å². The van der Waals surface area contributed by atoms with Gasteiger partial charge in [-0.25, -0.2) is 8.78 Å². The molecule has 5 heterocycles. The molecule has 3 saturated heterocycles. The van der Waals surface area contributed by atoms with Crippen LogP contribution in [0.25, 0.3) is 11.5 Å². The van der Waals surface area contributed by atoms with Crippen molar-refractivity contribution in [1.82, 2.24) is 25.0 Å². The van der Waals surface area contributed by atoms with Gasteiger partial charge in [0.15, 0.2) is 0 Å². The number of piperidine rings is 1. The predicted octanol–water partition coefficient (Wildman–Crippen LogP) is 4.41. The van der Waals surface area contributed by atoms with Crippen LogP contribution < -0.4 is 4.90 Å². The lowest BCUT2D eigenvalue weighted by Gasteiger charge is -2.51. The van der Waals surface area contributed by atoms with Gasteiger partial charge in [-0.1, -0.05) is 6.07 Å². The molecule has 224 valence electrons. The van der Waals surface area contributed by atoms with E-state index in [2.05, 4.69) is 20.1 Å². The maximum atomic E-state index is 16.1. The standard InChI is InChI=1S/C29H32F4N6O3/c30-20-2-1-3-24(14-20)39(16-21-5-4-19(15-34-21)26-35-36-27(42-26)25(31)32)28(40)29(33)17-38(18-29)22-6-10-37(11-7-22)23-8-12-41-13-9-23/h1-5,14-15,22-23,25H,6-13,16-18H2. The molecular weight excluding hydrogens is 556 g/mol. The van der Waals surface area contributed by atoms with Crippen molar-refractivity contribution in [3.05, 3.63) is 60.0 Å². The first-order chi connectivity index (χ1) is 20.3. The molecule has 0 N–H and O–H groups in total. The van der Waals surface area contributed by atoms with Gasteiger partial charge in [-0.15, -0.1) is 10.2 Å². The van der Waals surface area contributed by atoms with Crippen LogP contribution in [0.15, 0.2) is 47.0 Å². The Morgan fingerprint density at radius 3 is 2.40 bits per heavy atom. The fourth-order valence-electron chi connectivity index (χ4n) is 6.07. The zero-order valence-electron chi connectivity index (χ0n) is 23.0. The van der Waals surface area contributed by atoms with Crippen molar-refractivity contribution in [2.24, 2.45) is 0 Å². The molecular formula is C29H32F4N6O3. The van der Waals surface area contributed by atoms with Crippen molar-refractivity contribution in [2.75, 3.05) is 44.3 Å². The second-order valence-electron chi connectivity index (χ2n) is 11.1. The first-order valence-corrected chi connectivity index (χ1v) is 14.2. The van der Waals surface area contributed by atoms with Crippen molar-refractivity contribution in [3.8, 4) is 11.5 Å². The molecule has 42 heavy (non-hydrogen) atoms. The second kappa shape index (κ2) is 12.1. The van der Waals surface area contributed by atoms with Crippen molar-refractivity contribution in [1.29, 1.82) is 0 Å². The largest absolute Gasteiger partial charge is 0.415 e. The minimum atomic E-state index is -2.90. The molecule has 1 amide bonds. The number of hydrogen-bond donors (Lipinski definition) is 0. The maximum absolute atomic E-state index is 16.1. The van der Waals surface area contributed by atoms with E-state index in [1.165, 1.54) is 35.4 Å². The number of rotatable bonds is 8. The zero-order valence-corrected chi connectivity index (χ0v) is 23.0. The molecule has 0 saturated carbocycles. The smallest absolute Gasteiger partial charge is 0.314 e. The lowest BCUT2D eigenvalue weighted by molar-refractivity contribution is -0.146. The number of anilines is 1. The molecule has 0 atom stereocenters. The number of carbonyl (C=O) groups excluding carboxylic acids is 1. The maximum Gasteiger partial charge on any atom is 0.314 e. The van der Waals surface area contributed by atoms with Crippen molar-refractivity contribution >= 4 is 11.6 Å². The van der Waals surface area contributed by atoms with Gasteiger partial charge < -0.3 is 19.0 Å². The van der Waals surface area contributed by atoms with Gasteiger partial charge in [-0.05, 0) is 69.1 Å². The predicted molar refractivity (Wildman–Crippen MR) is 144 cm³/mol. The fourth-order valence-corrected chi connectivity index (χ4v) is 6.07. The number of amides is 1. The summed E-state index contributed by atoms with van der Waals surface area (Å²) >= 11 is 0. The highest BCUT2D eigenvalue weighted by molar-refractivity contribution is 6.00. The van der Waals surface area contributed by atoms with E-state index in [0.717, 1.165) is 52.0 Å². The van der Waals surface area contributed by atoms with Gasteiger partial charge in [-0.3, -0.25) is 14.7 Å². The van der Waals surface area contributed by atoms with Gasteiger partial charge in [-0.2, -0.15) is 8.78 Å². The quantitative estimate of drug-likeness (QED) is 0.358. The number of ether oxygens (including phenoxy) is 1. The van der Waals surface area contributed by atoms with E-state index < -0.39 is 29.7 Å². The monoisotopic (exact) mass is 588 g/mol. The lowest BCUT2D eigenvalue weighted by atomic mass is 9.88. The molecule has 2 aromatic heterocycles. The van der Waals surface area contributed by atoms with Crippen molar-refractivity contribution in [3.63, 3.8) is 0 Å². The highest BCUT2D eigenvalue weighted by atomic mass is 19.3. The summed E-state index contributed by atoms with van der Waals surface area (Å²) in [6.45, 7) is 3.33. The van der Waals surface area contributed by atoms with Gasteiger partial charge in [0.1, 0.15) is 5.82 Å². The lowest BCUT2D eigenvalue weighted by Crippen LogP contribution is -2.69. The Kier molecular flexibility index (Phi) is 8.24. The van der Waals surface area contributed by atoms with Crippen LogP contribution in [-0.2, 0) is 16.1 Å². The molecule has 3 aromatic rings. The molecule has 0 unspecified atom stereocenters. The Bertz CT molecular complexity index is 1370. The molecule has 9 nitrogen and oxygen atoms in total. The van der Waals surface area contributed by atoms with E-state index >= 15 is 4.39 Å². The number of nitrogens with zero attached hydrogens (tertiary/aromatic N) is 6. The first kappa shape index (κ1) is 28.7. The zero-order chi connectivity index (χ0) is 29.3. The molecule has 0 bridgehead atoms. The van der Waals surface area contributed by atoms with E-state index in [-0.39, 0.29) is 37.3 Å². The topological polar surface area (TPSA) is 87.8 Å². The van der Waals surface area contributed by atoms with Crippen LogP contribution in [-0.4, -0.2) is 88.0 Å². The summed E-state index contributed by atoms with van der Waals surface area (Å²) in [5, 5.41) is 6.91. The molecule has 3 aliphatic heterocycles. The van der Waals surface area contributed by atoms with Crippen LogP contribution in [0.3, 0.4) is 0 Å². The minimum absolute atomic E-state index is 0.0183. The Hall–Kier alpha value is -3.42. The summed E-state index contributed by atoms with van der Waals surface area (Å²) in [5.74, 6) is -2.24. The number of hydrogen-bond acceptors (Lipinski definition) is 8. The Labute approximate surface area is 240 Å². The van der Waals surface area contributed by atoms with E-state index in [4.69, 9.17) is 9.15 Å². The third-order valence-corrected chi connectivity index (χ3v) is 8.40. The number of pyridine rings is 1. The number of carbonyl (C=O) groups is 1. The van der Waals surface area contributed by atoms with Crippen LogP contribution in [0.1, 0.15) is 43.7 Å². The van der Waals surface area contributed by atoms with Crippen LogP contribution in [0.5, 0.6) is 0 Å². The van der Waals surface area contributed by atoms with E-state index in [1.54, 1.807) is 12.1 Å².